The molecule has 0 spiro atoms. The number of nitrogens with two attached hydrogens (primary N) is 1. The van der Waals surface area contributed by atoms with Crippen LogP contribution in [0, 0.1) is 0 Å². The zero-order valence-corrected chi connectivity index (χ0v) is 12.6. The number of hydrogen-bond donors (Lipinski definition) is 2. The minimum absolute atomic E-state index is 0.200. The van der Waals surface area contributed by atoms with Crippen molar-refractivity contribution in [1.82, 2.24) is 15.3 Å². The molecule has 0 aliphatic heterocycles. The van der Waals surface area contributed by atoms with Crippen LogP contribution in [0.25, 0.3) is 10.3 Å². The Hall–Kier alpha value is -1.77. The molecule has 21 heavy (non-hydrogen) atoms. The highest BCUT2D eigenvalue weighted by atomic mass is 32.1. The smallest absolute Gasteiger partial charge is 0.263 e. The van der Waals surface area contributed by atoms with Gasteiger partial charge in [0.2, 0.25) is 0 Å². The van der Waals surface area contributed by atoms with Crippen LogP contribution < -0.4 is 11.1 Å². The van der Waals surface area contributed by atoms with E-state index >= 15 is 0 Å². The summed E-state index contributed by atoms with van der Waals surface area (Å²) >= 11 is 1.25. The van der Waals surface area contributed by atoms with Crippen molar-refractivity contribution < 1.29 is 14.3 Å². The van der Waals surface area contributed by atoms with Gasteiger partial charge in [0.05, 0.1) is 18.9 Å². The second-order valence-corrected chi connectivity index (χ2v) is 5.27. The Bertz CT molecular complexity index is 602. The van der Waals surface area contributed by atoms with Crippen molar-refractivity contribution in [2.24, 2.45) is 0 Å². The first-order valence-corrected chi connectivity index (χ1v) is 7.39. The quantitative estimate of drug-likeness (QED) is 0.707. The first kappa shape index (κ1) is 15.6. The van der Waals surface area contributed by atoms with Crippen molar-refractivity contribution >= 4 is 33.3 Å². The molecule has 0 atom stereocenters. The van der Waals surface area contributed by atoms with E-state index < -0.39 is 0 Å². The third kappa shape index (κ3) is 4.10. The normalized spacial score (nSPS) is 10.9. The Balaban J connectivity index is 1.81. The Labute approximate surface area is 126 Å². The maximum Gasteiger partial charge on any atom is 0.263 e. The van der Waals surface area contributed by atoms with Crippen LogP contribution in [0.4, 0.5) is 5.69 Å². The van der Waals surface area contributed by atoms with E-state index in [9.17, 15) is 4.79 Å². The van der Waals surface area contributed by atoms with E-state index in [0.29, 0.717) is 47.3 Å². The number of methoxy groups -OCH3 is 1. The molecule has 0 aliphatic carbocycles. The van der Waals surface area contributed by atoms with Crippen LogP contribution in [0.15, 0.2) is 12.4 Å². The number of ether oxygens (including phenoxy) is 2. The molecule has 2 aromatic heterocycles. The lowest BCUT2D eigenvalue weighted by atomic mass is 10.3. The van der Waals surface area contributed by atoms with Gasteiger partial charge in [-0.25, -0.2) is 9.97 Å². The van der Waals surface area contributed by atoms with E-state index in [4.69, 9.17) is 15.2 Å². The number of hydrogen-bond acceptors (Lipinski definition) is 7. The molecule has 2 heterocycles. The van der Waals surface area contributed by atoms with Crippen LogP contribution in [0.2, 0.25) is 0 Å². The zero-order chi connectivity index (χ0) is 15.1. The fourth-order valence-corrected chi connectivity index (χ4v) is 2.65. The van der Waals surface area contributed by atoms with Gasteiger partial charge in [0.25, 0.3) is 5.91 Å². The summed E-state index contributed by atoms with van der Waals surface area (Å²) in [5, 5.41) is 2.82. The molecule has 7 nitrogen and oxygen atoms in total. The number of aromatic nitrogens is 2. The van der Waals surface area contributed by atoms with E-state index in [1.165, 1.54) is 11.3 Å². The molecule has 0 bridgehead atoms. The van der Waals surface area contributed by atoms with Crippen molar-refractivity contribution in [1.29, 1.82) is 0 Å². The number of anilines is 1. The second-order valence-electron chi connectivity index (χ2n) is 4.27. The van der Waals surface area contributed by atoms with Crippen LogP contribution in [-0.2, 0) is 9.47 Å². The van der Waals surface area contributed by atoms with Crippen molar-refractivity contribution in [3.8, 4) is 0 Å². The average Bonchev–Trinajstić information content (AvgIpc) is 2.84. The summed E-state index contributed by atoms with van der Waals surface area (Å²) in [6.45, 7) is 2.24. The minimum Gasteiger partial charge on any atom is -0.396 e. The Morgan fingerprint density at radius 3 is 2.90 bits per heavy atom. The highest BCUT2D eigenvalue weighted by molar-refractivity contribution is 7.21. The molecule has 8 heteroatoms. The van der Waals surface area contributed by atoms with Crippen LogP contribution in [0.1, 0.15) is 16.1 Å². The molecule has 3 N–H and O–H groups in total. The molecule has 0 unspecified atom stereocenters. The average molecular weight is 310 g/mol. The van der Waals surface area contributed by atoms with Crippen molar-refractivity contribution in [2.75, 3.05) is 39.2 Å². The summed E-state index contributed by atoms with van der Waals surface area (Å²) in [6.07, 6.45) is 3.87. The molecule has 114 valence electrons. The number of nitrogens with one attached hydrogen (secondary N) is 1. The molecule has 0 saturated carbocycles. The summed E-state index contributed by atoms with van der Waals surface area (Å²) in [4.78, 5) is 21.5. The fourth-order valence-electron chi connectivity index (χ4n) is 1.71. The number of nitrogen functional groups attached to an aromatic ring is 1. The lowest BCUT2D eigenvalue weighted by Gasteiger charge is -2.05. The Morgan fingerprint density at radius 1 is 1.33 bits per heavy atom. The van der Waals surface area contributed by atoms with E-state index in [1.807, 2.05) is 0 Å². The maximum absolute atomic E-state index is 12.1. The van der Waals surface area contributed by atoms with Gasteiger partial charge in [-0.3, -0.25) is 4.79 Å². The number of carbonyl (C=O) groups is 1. The second kappa shape index (κ2) is 7.87. The van der Waals surface area contributed by atoms with Gasteiger partial charge in [0.1, 0.15) is 15.2 Å². The summed E-state index contributed by atoms with van der Waals surface area (Å²) in [6, 6.07) is 0. The van der Waals surface area contributed by atoms with E-state index in [0.717, 1.165) is 6.42 Å². The number of nitrogens with zero attached hydrogens (tertiary/aromatic N) is 2. The van der Waals surface area contributed by atoms with Gasteiger partial charge < -0.3 is 20.5 Å². The molecular weight excluding hydrogens is 292 g/mol. The van der Waals surface area contributed by atoms with Crippen molar-refractivity contribution in [3.63, 3.8) is 0 Å². The monoisotopic (exact) mass is 310 g/mol. The predicted octanol–water partition coefficient (Wildman–Crippen LogP) is 1.06. The zero-order valence-electron chi connectivity index (χ0n) is 11.8. The lowest BCUT2D eigenvalue weighted by molar-refractivity contribution is 0.0688. The summed E-state index contributed by atoms with van der Waals surface area (Å²) in [7, 11) is 1.63. The van der Waals surface area contributed by atoms with Gasteiger partial charge in [-0.2, -0.15) is 0 Å². The highest BCUT2D eigenvalue weighted by Gasteiger charge is 2.17. The Morgan fingerprint density at radius 2 is 2.14 bits per heavy atom. The SMILES string of the molecule is COCCOCCCNC(=O)c1sc2nccnc2c1N. The molecule has 0 fully saturated rings. The Kier molecular flexibility index (Phi) is 5.85. The first-order valence-electron chi connectivity index (χ1n) is 6.58. The number of thiophene rings is 1. The van der Waals surface area contributed by atoms with Crippen LogP contribution in [0.3, 0.4) is 0 Å². The number of carbonyl (C=O) groups excluding carboxylic acids is 1. The maximum atomic E-state index is 12.1. The van der Waals surface area contributed by atoms with Crippen LogP contribution in [0.5, 0.6) is 0 Å². The summed E-state index contributed by atoms with van der Waals surface area (Å²) in [5.74, 6) is -0.200. The molecule has 0 aromatic carbocycles. The van der Waals surface area contributed by atoms with E-state index in [1.54, 1.807) is 19.5 Å². The third-order valence-corrected chi connectivity index (χ3v) is 3.85. The standard InChI is InChI=1S/C13H18N4O3S/c1-19-7-8-20-6-2-3-16-12(18)11-9(14)10-13(21-11)17-5-4-15-10/h4-5H,2-3,6-8,14H2,1H3,(H,16,18). The molecule has 0 aliphatic rings. The minimum atomic E-state index is -0.200. The van der Waals surface area contributed by atoms with Gasteiger partial charge in [0.15, 0.2) is 0 Å². The van der Waals surface area contributed by atoms with Gasteiger partial charge in [0, 0.05) is 32.7 Å². The third-order valence-electron chi connectivity index (χ3n) is 2.75. The van der Waals surface area contributed by atoms with Gasteiger partial charge in [-0.05, 0) is 6.42 Å². The summed E-state index contributed by atoms with van der Waals surface area (Å²) in [5.41, 5.74) is 6.90. The largest absolute Gasteiger partial charge is 0.396 e. The lowest BCUT2D eigenvalue weighted by Crippen LogP contribution is -2.25. The fraction of sp³-hybridized carbons (Fsp3) is 0.462. The van der Waals surface area contributed by atoms with Crippen LogP contribution in [-0.4, -0.2) is 49.4 Å². The molecule has 2 aromatic rings. The first-order chi connectivity index (χ1) is 10.2. The number of rotatable bonds is 8. The summed E-state index contributed by atoms with van der Waals surface area (Å²) < 4.78 is 10.2. The predicted molar refractivity (Wildman–Crippen MR) is 81.5 cm³/mol. The number of fused-ring (bicyclic) bond motifs is 1. The molecular formula is C13H18N4O3S. The highest BCUT2D eigenvalue weighted by Crippen LogP contribution is 2.30. The van der Waals surface area contributed by atoms with Crippen LogP contribution >= 0.6 is 11.3 Å². The molecule has 0 saturated heterocycles. The van der Waals surface area contributed by atoms with Gasteiger partial charge in [-0.15, -0.1) is 11.3 Å². The molecule has 1 amide bonds. The van der Waals surface area contributed by atoms with Gasteiger partial charge in [-0.1, -0.05) is 0 Å². The van der Waals surface area contributed by atoms with Crippen molar-refractivity contribution in [3.05, 3.63) is 17.3 Å². The topological polar surface area (TPSA) is 99.4 Å². The molecule has 0 radical (unpaired) electrons. The molecule has 2 rings (SSSR count). The van der Waals surface area contributed by atoms with E-state index in [2.05, 4.69) is 15.3 Å². The van der Waals surface area contributed by atoms with Gasteiger partial charge >= 0.3 is 0 Å². The number of amides is 1. The van der Waals surface area contributed by atoms with Crippen molar-refractivity contribution in [2.45, 2.75) is 6.42 Å². The van der Waals surface area contributed by atoms with E-state index in [-0.39, 0.29) is 5.91 Å².